The van der Waals surface area contributed by atoms with Gasteiger partial charge in [0.25, 0.3) is 0 Å². The normalized spacial score (nSPS) is 19.3. The fraction of sp³-hybridized carbons (Fsp3) is 1.00. The van der Waals surface area contributed by atoms with E-state index in [0.717, 1.165) is 19.1 Å². The molecule has 1 aliphatic heterocycles. The molecule has 0 aromatic heterocycles. The lowest BCUT2D eigenvalue weighted by Crippen LogP contribution is -2.43. The predicted molar refractivity (Wildman–Crippen MR) is 78.0 cm³/mol. The summed E-state index contributed by atoms with van der Waals surface area (Å²) in [6.45, 7) is 15.5. The molecule has 1 aliphatic rings. The van der Waals surface area contributed by atoms with Crippen molar-refractivity contribution in [2.24, 2.45) is 5.92 Å². The second kappa shape index (κ2) is 8.13. The number of likely N-dealkylation sites (tertiary alicyclic amines) is 1. The Balaban J connectivity index is 2.05. The van der Waals surface area contributed by atoms with Crippen molar-refractivity contribution in [2.45, 2.75) is 52.5 Å². The molecule has 0 spiro atoms. The first-order valence-electron chi connectivity index (χ1n) is 7.56. The Morgan fingerprint density at radius 3 is 2.44 bits per heavy atom. The van der Waals surface area contributed by atoms with Crippen LogP contribution in [0.4, 0.5) is 0 Å². The van der Waals surface area contributed by atoms with Crippen molar-refractivity contribution in [1.82, 2.24) is 10.2 Å². The minimum atomic E-state index is 0.259. The Labute approximate surface area is 113 Å². The third-order valence-electron chi connectivity index (χ3n) is 3.60. The maximum Gasteiger partial charge on any atom is 0.0478 e. The number of rotatable bonds is 7. The first kappa shape index (κ1) is 15.9. The molecule has 0 atom stereocenters. The van der Waals surface area contributed by atoms with Crippen molar-refractivity contribution in [3.05, 3.63) is 0 Å². The second-order valence-corrected chi connectivity index (χ2v) is 6.47. The molecule has 1 fully saturated rings. The standard InChI is InChI=1S/C15H32N2O/c1-5-18-12-6-9-17-10-7-14(8-11-17)13-16-15(2,3)4/h14,16H,5-13H2,1-4H3. The van der Waals surface area contributed by atoms with E-state index in [-0.39, 0.29) is 5.54 Å². The van der Waals surface area contributed by atoms with E-state index < -0.39 is 0 Å². The van der Waals surface area contributed by atoms with Gasteiger partial charge in [-0.3, -0.25) is 0 Å². The molecule has 1 N–H and O–H groups in total. The van der Waals surface area contributed by atoms with E-state index in [1.54, 1.807) is 0 Å². The molecular formula is C15H32N2O. The fourth-order valence-corrected chi connectivity index (χ4v) is 2.40. The number of nitrogens with zero attached hydrogens (tertiary/aromatic N) is 1. The lowest BCUT2D eigenvalue weighted by molar-refractivity contribution is 0.119. The number of hydrogen-bond donors (Lipinski definition) is 1. The van der Waals surface area contributed by atoms with Crippen LogP contribution in [-0.2, 0) is 4.74 Å². The van der Waals surface area contributed by atoms with Gasteiger partial charge in [-0.05, 0) is 72.5 Å². The largest absolute Gasteiger partial charge is 0.382 e. The van der Waals surface area contributed by atoms with Crippen molar-refractivity contribution in [3.8, 4) is 0 Å². The van der Waals surface area contributed by atoms with Gasteiger partial charge >= 0.3 is 0 Å². The molecule has 0 aliphatic carbocycles. The van der Waals surface area contributed by atoms with Crippen LogP contribution >= 0.6 is 0 Å². The Kier molecular flexibility index (Phi) is 7.20. The van der Waals surface area contributed by atoms with Gasteiger partial charge in [-0.1, -0.05) is 0 Å². The van der Waals surface area contributed by atoms with E-state index in [9.17, 15) is 0 Å². The van der Waals surface area contributed by atoms with Gasteiger partial charge in [0.2, 0.25) is 0 Å². The number of hydrogen-bond acceptors (Lipinski definition) is 3. The molecule has 0 radical (unpaired) electrons. The summed E-state index contributed by atoms with van der Waals surface area (Å²) < 4.78 is 5.39. The quantitative estimate of drug-likeness (QED) is 0.708. The van der Waals surface area contributed by atoms with E-state index >= 15 is 0 Å². The number of nitrogens with one attached hydrogen (secondary N) is 1. The summed E-state index contributed by atoms with van der Waals surface area (Å²) in [6.07, 6.45) is 3.87. The van der Waals surface area contributed by atoms with Crippen LogP contribution in [0.1, 0.15) is 47.0 Å². The summed E-state index contributed by atoms with van der Waals surface area (Å²) in [6, 6.07) is 0. The van der Waals surface area contributed by atoms with Gasteiger partial charge in [0.05, 0.1) is 0 Å². The van der Waals surface area contributed by atoms with Gasteiger partial charge in [-0.2, -0.15) is 0 Å². The summed E-state index contributed by atoms with van der Waals surface area (Å²) in [7, 11) is 0. The van der Waals surface area contributed by atoms with Crippen LogP contribution in [0.15, 0.2) is 0 Å². The van der Waals surface area contributed by atoms with Crippen molar-refractivity contribution < 1.29 is 4.74 Å². The summed E-state index contributed by atoms with van der Waals surface area (Å²) >= 11 is 0. The molecule has 0 aromatic carbocycles. The highest BCUT2D eigenvalue weighted by Crippen LogP contribution is 2.17. The van der Waals surface area contributed by atoms with Gasteiger partial charge in [0, 0.05) is 25.3 Å². The van der Waals surface area contributed by atoms with Crippen LogP contribution < -0.4 is 5.32 Å². The highest BCUT2D eigenvalue weighted by Gasteiger charge is 2.20. The molecule has 0 amide bonds. The summed E-state index contributed by atoms with van der Waals surface area (Å²) in [5.74, 6) is 0.868. The monoisotopic (exact) mass is 256 g/mol. The number of piperidine rings is 1. The van der Waals surface area contributed by atoms with E-state index in [1.807, 2.05) is 0 Å². The van der Waals surface area contributed by atoms with E-state index in [4.69, 9.17) is 4.74 Å². The molecule has 18 heavy (non-hydrogen) atoms. The minimum absolute atomic E-state index is 0.259. The van der Waals surface area contributed by atoms with Gasteiger partial charge in [-0.15, -0.1) is 0 Å². The van der Waals surface area contributed by atoms with Gasteiger partial charge in [-0.25, -0.2) is 0 Å². The molecule has 1 saturated heterocycles. The maximum atomic E-state index is 5.39. The Morgan fingerprint density at radius 2 is 1.89 bits per heavy atom. The predicted octanol–water partition coefficient (Wildman–Crippen LogP) is 2.51. The topological polar surface area (TPSA) is 24.5 Å². The zero-order chi connectivity index (χ0) is 13.4. The average Bonchev–Trinajstić information content (AvgIpc) is 2.33. The molecule has 3 heteroatoms. The van der Waals surface area contributed by atoms with Crippen LogP contribution in [0.2, 0.25) is 0 Å². The highest BCUT2D eigenvalue weighted by molar-refractivity contribution is 4.77. The van der Waals surface area contributed by atoms with E-state index in [0.29, 0.717) is 0 Å². The second-order valence-electron chi connectivity index (χ2n) is 6.47. The fourth-order valence-electron chi connectivity index (χ4n) is 2.40. The van der Waals surface area contributed by atoms with E-state index in [2.05, 4.69) is 37.9 Å². The Morgan fingerprint density at radius 1 is 1.22 bits per heavy atom. The maximum absolute atomic E-state index is 5.39. The molecule has 3 nitrogen and oxygen atoms in total. The summed E-state index contributed by atoms with van der Waals surface area (Å²) in [5, 5.41) is 3.63. The van der Waals surface area contributed by atoms with Crippen LogP contribution in [0.5, 0.6) is 0 Å². The zero-order valence-electron chi connectivity index (χ0n) is 12.8. The van der Waals surface area contributed by atoms with Crippen LogP contribution in [0, 0.1) is 5.92 Å². The summed E-state index contributed by atoms with van der Waals surface area (Å²) in [4.78, 5) is 2.59. The van der Waals surface area contributed by atoms with Crippen molar-refractivity contribution >= 4 is 0 Å². The van der Waals surface area contributed by atoms with Crippen molar-refractivity contribution in [3.63, 3.8) is 0 Å². The van der Waals surface area contributed by atoms with Gasteiger partial charge < -0.3 is 15.0 Å². The third kappa shape index (κ3) is 7.34. The molecule has 0 aromatic rings. The first-order chi connectivity index (χ1) is 8.51. The van der Waals surface area contributed by atoms with Gasteiger partial charge in [0.1, 0.15) is 0 Å². The van der Waals surface area contributed by atoms with Gasteiger partial charge in [0.15, 0.2) is 0 Å². The highest BCUT2D eigenvalue weighted by atomic mass is 16.5. The first-order valence-corrected chi connectivity index (χ1v) is 7.56. The molecular weight excluding hydrogens is 224 g/mol. The zero-order valence-corrected chi connectivity index (χ0v) is 12.8. The number of ether oxygens (including phenoxy) is 1. The average molecular weight is 256 g/mol. The van der Waals surface area contributed by atoms with Crippen molar-refractivity contribution in [1.29, 1.82) is 0 Å². The SMILES string of the molecule is CCOCCCN1CCC(CNC(C)(C)C)CC1. The van der Waals surface area contributed by atoms with Crippen LogP contribution in [0.3, 0.4) is 0 Å². The Hall–Kier alpha value is -0.120. The Bertz CT molecular complexity index is 205. The molecule has 1 heterocycles. The lowest BCUT2D eigenvalue weighted by atomic mass is 9.95. The van der Waals surface area contributed by atoms with E-state index in [1.165, 1.54) is 45.4 Å². The smallest absolute Gasteiger partial charge is 0.0478 e. The summed E-state index contributed by atoms with van der Waals surface area (Å²) in [5.41, 5.74) is 0.259. The molecule has 0 unspecified atom stereocenters. The van der Waals surface area contributed by atoms with Crippen molar-refractivity contribution in [2.75, 3.05) is 39.4 Å². The molecule has 108 valence electrons. The lowest BCUT2D eigenvalue weighted by Gasteiger charge is -2.33. The third-order valence-corrected chi connectivity index (χ3v) is 3.60. The minimum Gasteiger partial charge on any atom is -0.382 e. The molecule has 0 saturated carbocycles. The molecule has 1 rings (SSSR count). The van der Waals surface area contributed by atoms with Crippen LogP contribution in [0.25, 0.3) is 0 Å². The molecule has 0 bridgehead atoms. The van der Waals surface area contributed by atoms with Crippen LogP contribution in [-0.4, -0.2) is 49.8 Å².